The van der Waals surface area contributed by atoms with Gasteiger partial charge in [0.1, 0.15) is 0 Å². The second-order valence-electron chi connectivity index (χ2n) is 3.67. The lowest BCUT2D eigenvalue weighted by molar-refractivity contribution is 0.774. The lowest BCUT2D eigenvalue weighted by atomic mass is 9.98. The minimum Gasteiger partial charge on any atom is -0.326 e. The van der Waals surface area contributed by atoms with Crippen molar-refractivity contribution in [1.29, 1.82) is 0 Å². The third kappa shape index (κ3) is 1.24. The number of hydrogen-bond acceptors (Lipinski definition) is 2. The second kappa shape index (κ2) is 2.82. The van der Waals surface area contributed by atoms with Crippen molar-refractivity contribution in [3.63, 3.8) is 0 Å². The summed E-state index contributed by atoms with van der Waals surface area (Å²) >= 11 is 5.30. The number of nitrogens with two attached hydrogens (primary N) is 1. The van der Waals surface area contributed by atoms with Crippen LogP contribution in [-0.4, -0.2) is 0 Å². The van der Waals surface area contributed by atoms with Crippen molar-refractivity contribution in [3.05, 3.63) is 20.3 Å². The molecule has 1 fully saturated rings. The van der Waals surface area contributed by atoms with E-state index in [9.17, 15) is 0 Å². The van der Waals surface area contributed by atoms with Crippen molar-refractivity contribution < 1.29 is 0 Å². The van der Waals surface area contributed by atoms with Gasteiger partial charge in [-0.15, -0.1) is 11.3 Å². The Bertz CT molecular complexity index is 301. The fourth-order valence-corrected chi connectivity index (χ4v) is 3.15. The highest BCUT2D eigenvalue weighted by Gasteiger charge is 2.41. The van der Waals surface area contributed by atoms with Crippen LogP contribution in [0.5, 0.6) is 0 Å². The molecule has 0 unspecified atom stereocenters. The maximum atomic E-state index is 5.70. The van der Waals surface area contributed by atoms with Crippen LogP contribution in [0.1, 0.15) is 30.9 Å². The lowest BCUT2D eigenvalue weighted by Gasteiger charge is -2.08. The number of halogens is 1. The summed E-state index contributed by atoms with van der Waals surface area (Å²) in [7, 11) is 0. The van der Waals surface area contributed by atoms with E-state index < -0.39 is 0 Å². The summed E-state index contributed by atoms with van der Waals surface area (Å²) in [5.41, 5.74) is 8.95. The number of thiophene rings is 1. The highest BCUT2D eigenvalue weighted by atomic mass is 79.9. The zero-order valence-corrected chi connectivity index (χ0v) is 9.46. The maximum Gasteiger partial charge on any atom is 0.0746 e. The van der Waals surface area contributed by atoms with Gasteiger partial charge in [0.15, 0.2) is 0 Å². The van der Waals surface area contributed by atoms with Crippen LogP contribution >= 0.6 is 27.3 Å². The predicted octanol–water partition coefficient (Wildman–Crippen LogP) is 3.02. The van der Waals surface area contributed by atoms with Crippen molar-refractivity contribution in [2.75, 3.05) is 0 Å². The normalized spacial score (nSPS) is 19.6. The molecule has 0 aromatic carbocycles. The molecule has 1 aliphatic rings. The average molecular weight is 246 g/mol. The standard InChI is InChI=1S/C9H12BrNS/c1-9(2-3-9)7-5-12-8(10)6(7)4-11/h5H,2-4,11H2,1H3. The first-order valence-electron chi connectivity index (χ1n) is 4.14. The van der Waals surface area contributed by atoms with E-state index in [1.807, 2.05) is 0 Å². The molecule has 2 N–H and O–H groups in total. The molecule has 0 radical (unpaired) electrons. The van der Waals surface area contributed by atoms with E-state index in [-0.39, 0.29) is 0 Å². The first-order valence-corrected chi connectivity index (χ1v) is 5.81. The van der Waals surface area contributed by atoms with Crippen LogP contribution in [-0.2, 0) is 12.0 Å². The molecule has 0 atom stereocenters. The zero-order chi connectivity index (χ0) is 8.77. The van der Waals surface area contributed by atoms with Crippen molar-refractivity contribution >= 4 is 27.3 Å². The van der Waals surface area contributed by atoms with Gasteiger partial charge in [-0.1, -0.05) is 6.92 Å². The highest BCUT2D eigenvalue weighted by Crippen LogP contribution is 2.51. The molecule has 3 heteroatoms. The van der Waals surface area contributed by atoms with Crippen LogP contribution in [0.4, 0.5) is 0 Å². The fourth-order valence-electron chi connectivity index (χ4n) is 1.51. The Balaban J connectivity index is 2.43. The summed E-state index contributed by atoms with van der Waals surface area (Å²) in [5, 5.41) is 2.25. The van der Waals surface area contributed by atoms with Crippen molar-refractivity contribution in [2.45, 2.75) is 31.7 Å². The zero-order valence-electron chi connectivity index (χ0n) is 7.06. The first kappa shape index (κ1) is 8.73. The molecule has 0 saturated heterocycles. The van der Waals surface area contributed by atoms with E-state index in [2.05, 4.69) is 28.2 Å². The van der Waals surface area contributed by atoms with Gasteiger partial charge in [0.05, 0.1) is 3.79 Å². The van der Waals surface area contributed by atoms with E-state index in [1.54, 1.807) is 11.3 Å². The van der Waals surface area contributed by atoms with Gasteiger partial charge in [-0.05, 0) is 50.7 Å². The molecule has 0 spiro atoms. The molecule has 0 amide bonds. The molecule has 2 rings (SSSR count). The highest BCUT2D eigenvalue weighted by molar-refractivity contribution is 9.11. The molecular formula is C9H12BrNS. The van der Waals surface area contributed by atoms with Crippen LogP contribution in [0.25, 0.3) is 0 Å². The van der Waals surface area contributed by atoms with Gasteiger partial charge in [-0.2, -0.15) is 0 Å². The first-order chi connectivity index (χ1) is 5.67. The van der Waals surface area contributed by atoms with Gasteiger partial charge in [0, 0.05) is 6.54 Å². The summed E-state index contributed by atoms with van der Waals surface area (Å²) in [5.74, 6) is 0. The third-order valence-electron chi connectivity index (χ3n) is 2.70. The Morgan fingerprint density at radius 3 is 2.83 bits per heavy atom. The van der Waals surface area contributed by atoms with E-state index in [0.717, 1.165) is 0 Å². The molecule has 12 heavy (non-hydrogen) atoms. The van der Waals surface area contributed by atoms with Crippen LogP contribution in [0.15, 0.2) is 9.17 Å². The smallest absolute Gasteiger partial charge is 0.0746 e. The van der Waals surface area contributed by atoms with Crippen LogP contribution in [0, 0.1) is 0 Å². The van der Waals surface area contributed by atoms with E-state index in [1.165, 1.54) is 27.8 Å². The Morgan fingerprint density at radius 1 is 1.67 bits per heavy atom. The predicted molar refractivity (Wildman–Crippen MR) is 56.5 cm³/mol. The summed E-state index contributed by atoms with van der Waals surface area (Å²) in [4.78, 5) is 0. The Morgan fingerprint density at radius 2 is 2.33 bits per heavy atom. The summed E-state index contributed by atoms with van der Waals surface area (Å²) in [6.07, 6.45) is 2.65. The van der Waals surface area contributed by atoms with Crippen LogP contribution in [0.3, 0.4) is 0 Å². The minimum absolute atomic E-state index is 0.456. The summed E-state index contributed by atoms with van der Waals surface area (Å²) in [6.45, 7) is 2.98. The molecule has 0 bridgehead atoms. The van der Waals surface area contributed by atoms with Crippen molar-refractivity contribution in [3.8, 4) is 0 Å². The topological polar surface area (TPSA) is 26.0 Å². The maximum absolute atomic E-state index is 5.70. The molecule has 1 saturated carbocycles. The van der Waals surface area contributed by atoms with E-state index >= 15 is 0 Å². The molecule has 1 aromatic rings. The second-order valence-corrected chi connectivity index (χ2v) is 5.86. The van der Waals surface area contributed by atoms with Gasteiger partial charge in [0.25, 0.3) is 0 Å². The van der Waals surface area contributed by atoms with Crippen molar-refractivity contribution in [1.82, 2.24) is 0 Å². The van der Waals surface area contributed by atoms with Gasteiger partial charge in [-0.25, -0.2) is 0 Å². The molecule has 1 aliphatic carbocycles. The molecular weight excluding hydrogens is 234 g/mol. The molecule has 1 heterocycles. The van der Waals surface area contributed by atoms with E-state index in [4.69, 9.17) is 5.73 Å². The summed E-state index contributed by atoms with van der Waals surface area (Å²) in [6, 6.07) is 0. The quantitative estimate of drug-likeness (QED) is 0.852. The molecule has 0 aliphatic heterocycles. The average Bonchev–Trinajstić information content (AvgIpc) is 2.65. The van der Waals surface area contributed by atoms with Crippen LogP contribution < -0.4 is 5.73 Å². The SMILES string of the molecule is CC1(c2csc(Br)c2CN)CC1. The number of hydrogen-bond donors (Lipinski definition) is 1. The minimum atomic E-state index is 0.456. The molecule has 1 nitrogen and oxygen atoms in total. The Hall–Kier alpha value is 0.140. The largest absolute Gasteiger partial charge is 0.326 e. The summed E-state index contributed by atoms with van der Waals surface area (Å²) < 4.78 is 1.22. The van der Waals surface area contributed by atoms with Crippen LogP contribution in [0.2, 0.25) is 0 Å². The molecule has 66 valence electrons. The fraction of sp³-hybridized carbons (Fsp3) is 0.556. The van der Waals surface area contributed by atoms with Crippen molar-refractivity contribution in [2.24, 2.45) is 5.73 Å². The third-order valence-corrected chi connectivity index (χ3v) is 4.54. The molecule has 1 aromatic heterocycles. The monoisotopic (exact) mass is 245 g/mol. The van der Waals surface area contributed by atoms with Gasteiger partial charge in [0.2, 0.25) is 0 Å². The Kier molecular flexibility index (Phi) is 2.05. The lowest BCUT2D eigenvalue weighted by Crippen LogP contribution is -2.06. The van der Waals surface area contributed by atoms with Gasteiger partial charge in [-0.3, -0.25) is 0 Å². The number of rotatable bonds is 2. The van der Waals surface area contributed by atoms with Gasteiger partial charge >= 0.3 is 0 Å². The van der Waals surface area contributed by atoms with E-state index in [0.29, 0.717) is 12.0 Å². The Labute approximate surface area is 85.1 Å². The van der Waals surface area contributed by atoms with Gasteiger partial charge < -0.3 is 5.73 Å².